The van der Waals surface area contributed by atoms with Gasteiger partial charge in [0.1, 0.15) is 28.3 Å². The molecule has 4 N–H and O–H groups in total. The third kappa shape index (κ3) is 10.9. The monoisotopic (exact) mass is 639 g/mol. The van der Waals surface area contributed by atoms with Crippen LogP contribution in [0.15, 0.2) is 66.9 Å². The van der Waals surface area contributed by atoms with E-state index >= 15 is 0 Å². The van der Waals surface area contributed by atoms with Gasteiger partial charge in [0.15, 0.2) is 5.82 Å². The molecule has 13 heteroatoms. The summed E-state index contributed by atoms with van der Waals surface area (Å²) in [5.74, 6) is -1.55. The number of imidazole rings is 1. The number of carboxylic acids is 1. The van der Waals surface area contributed by atoms with Crippen LogP contribution in [0.25, 0.3) is 0 Å². The molecule has 0 aliphatic rings. The molecule has 0 saturated heterocycles. The number of aromatic nitrogens is 2. The van der Waals surface area contributed by atoms with E-state index in [2.05, 4.69) is 20.9 Å². The van der Waals surface area contributed by atoms with Gasteiger partial charge in [0, 0.05) is 6.42 Å². The van der Waals surface area contributed by atoms with Crippen LogP contribution in [0.2, 0.25) is 0 Å². The van der Waals surface area contributed by atoms with E-state index in [0.717, 1.165) is 17.5 Å². The number of hydrogen-bond donors (Lipinski definition) is 4. The average Bonchev–Trinajstić information content (AvgIpc) is 3.35. The number of nitrogens with zero attached hydrogens (tertiary/aromatic N) is 2. The van der Waals surface area contributed by atoms with Gasteiger partial charge in [-0.05, 0) is 57.7 Å². The van der Waals surface area contributed by atoms with Crippen LogP contribution in [0.4, 0.5) is 10.6 Å². The fourth-order valence-electron chi connectivity index (χ4n) is 4.00. The molecule has 3 aromatic rings. The number of rotatable bonds is 14. The molecule has 0 aliphatic carbocycles. The smallest absolute Gasteiger partial charge is 0.408 e. The number of aryl methyl sites for hydroxylation is 1. The second-order valence-electron chi connectivity index (χ2n) is 11.7. The largest absolute Gasteiger partial charge is 0.480 e. The Bertz CT molecular complexity index is 1460. The van der Waals surface area contributed by atoms with Crippen LogP contribution in [0, 0.1) is 0 Å². The lowest BCUT2D eigenvalue weighted by atomic mass is 10.0. The zero-order chi connectivity index (χ0) is 33.2. The minimum atomic E-state index is -1.43. The highest BCUT2D eigenvalue weighted by Gasteiger charge is 2.35. The van der Waals surface area contributed by atoms with E-state index in [4.69, 9.17) is 9.47 Å². The zero-order valence-electron chi connectivity index (χ0n) is 26.3. The van der Waals surface area contributed by atoms with Gasteiger partial charge >= 0.3 is 12.1 Å². The van der Waals surface area contributed by atoms with Gasteiger partial charge in [-0.3, -0.25) is 18.4 Å². The summed E-state index contributed by atoms with van der Waals surface area (Å²) in [7, 11) is 0. The number of aliphatic carboxylic acids is 1. The van der Waals surface area contributed by atoms with E-state index in [9.17, 15) is 24.3 Å². The first-order valence-corrected chi connectivity index (χ1v) is 15.3. The summed E-state index contributed by atoms with van der Waals surface area (Å²) in [5.41, 5.74) is -0.714. The molecule has 3 amide bonds. The fraction of sp³-hybridized carbons (Fsp3) is 0.406. The maximum Gasteiger partial charge on any atom is 0.408 e. The SMILES string of the molecule is CCc1nc(NC(=O)[C@@H](COCc2ccccc2)NC(=O)C(C)(C)NC(=O)OC(C)(C)C)cn1SC(C(=O)O)c1ccccc1. The number of carbonyl (C=O) groups excluding carboxylic acids is 3. The lowest BCUT2D eigenvalue weighted by Crippen LogP contribution is -2.59. The summed E-state index contributed by atoms with van der Waals surface area (Å²) >= 11 is 1.05. The first kappa shape index (κ1) is 35.1. The van der Waals surface area contributed by atoms with E-state index in [1.165, 1.54) is 20.0 Å². The Morgan fingerprint density at radius 1 is 0.978 bits per heavy atom. The van der Waals surface area contributed by atoms with Gasteiger partial charge in [0.25, 0.3) is 5.91 Å². The van der Waals surface area contributed by atoms with Gasteiger partial charge in [0.05, 0.1) is 19.4 Å². The van der Waals surface area contributed by atoms with Crippen molar-refractivity contribution in [3.05, 3.63) is 83.8 Å². The van der Waals surface area contributed by atoms with Gasteiger partial charge < -0.3 is 30.5 Å². The summed E-state index contributed by atoms with van der Waals surface area (Å²) in [6, 6.07) is 17.0. The number of nitrogens with one attached hydrogen (secondary N) is 3. The predicted molar refractivity (Wildman–Crippen MR) is 172 cm³/mol. The molecule has 242 valence electrons. The van der Waals surface area contributed by atoms with Crippen LogP contribution in [-0.2, 0) is 36.9 Å². The molecule has 45 heavy (non-hydrogen) atoms. The van der Waals surface area contributed by atoms with Crippen LogP contribution in [0.1, 0.15) is 63.7 Å². The van der Waals surface area contributed by atoms with E-state index in [-0.39, 0.29) is 19.0 Å². The van der Waals surface area contributed by atoms with Gasteiger partial charge in [0.2, 0.25) is 5.91 Å². The third-order valence-electron chi connectivity index (χ3n) is 6.26. The molecular formula is C32H41N5O7S. The zero-order valence-corrected chi connectivity index (χ0v) is 27.1. The molecule has 1 heterocycles. The number of anilines is 1. The maximum atomic E-state index is 13.5. The lowest BCUT2D eigenvalue weighted by Gasteiger charge is -2.29. The second-order valence-corrected chi connectivity index (χ2v) is 12.8. The topological polar surface area (TPSA) is 161 Å². The number of ether oxygens (including phenoxy) is 2. The quantitative estimate of drug-likeness (QED) is 0.196. The van der Waals surface area contributed by atoms with E-state index < -0.39 is 46.3 Å². The lowest BCUT2D eigenvalue weighted by molar-refractivity contribution is -0.136. The first-order chi connectivity index (χ1) is 21.2. The molecule has 2 atom stereocenters. The highest BCUT2D eigenvalue weighted by atomic mass is 32.2. The second kappa shape index (κ2) is 15.6. The fourth-order valence-corrected chi connectivity index (χ4v) is 5.05. The number of benzene rings is 2. The van der Waals surface area contributed by atoms with Crippen molar-refractivity contribution in [1.82, 2.24) is 19.6 Å². The minimum Gasteiger partial charge on any atom is -0.480 e. The molecule has 12 nitrogen and oxygen atoms in total. The molecule has 0 saturated carbocycles. The Kier molecular flexibility index (Phi) is 12.2. The molecule has 0 spiro atoms. The summed E-state index contributed by atoms with van der Waals surface area (Å²) in [6.45, 7) is 9.98. The number of amides is 3. The standard InChI is InChI=1S/C32H41N5O7S/c1-7-25-34-24(18-37(25)45-26(28(39)40)22-16-12-9-13-17-22)35-27(38)23(20-43-19-21-14-10-8-11-15-21)33-29(41)32(5,6)36-30(42)44-31(2,3)4/h8-18,23,26H,7,19-20H2,1-6H3,(H,33,41)(H,35,38)(H,36,42)(H,39,40)/t23-,26?/m1/s1. The predicted octanol–water partition coefficient (Wildman–Crippen LogP) is 4.71. The molecule has 0 aliphatic heterocycles. The van der Waals surface area contributed by atoms with Crippen LogP contribution in [0.5, 0.6) is 0 Å². The van der Waals surface area contributed by atoms with Gasteiger partial charge in [-0.15, -0.1) is 0 Å². The molecule has 0 radical (unpaired) electrons. The molecule has 0 bridgehead atoms. The van der Waals surface area contributed by atoms with Crippen molar-refractivity contribution in [3.63, 3.8) is 0 Å². The number of carbonyl (C=O) groups is 4. The van der Waals surface area contributed by atoms with Crippen LogP contribution in [0.3, 0.4) is 0 Å². The van der Waals surface area contributed by atoms with Gasteiger partial charge in [-0.25, -0.2) is 9.78 Å². The Hall–Kier alpha value is -4.36. The number of hydrogen-bond acceptors (Lipinski definition) is 8. The average molecular weight is 640 g/mol. The Morgan fingerprint density at radius 2 is 1.60 bits per heavy atom. The third-order valence-corrected chi connectivity index (χ3v) is 7.48. The van der Waals surface area contributed by atoms with Crippen molar-refractivity contribution >= 4 is 41.6 Å². The summed E-state index contributed by atoms with van der Waals surface area (Å²) in [6.07, 6.45) is 1.22. The summed E-state index contributed by atoms with van der Waals surface area (Å²) in [4.78, 5) is 55.8. The molecule has 1 unspecified atom stereocenters. The van der Waals surface area contributed by atoms with Crippen molar-refractivity contribution in [2.75, 3.05) is 11.9 Å². The highest BCUT2D eigenvalue weighted by Crippen LogP contribution is 2.32. The van der Waals surface area contributed by atoms with Crippen molar-refractivity contribution in [2.24, 2.45) is 0 Å². The molecule has 0 fully saturated rings. The molecule has 3 rings (SSSR count). The van der Waals surface area contributed by atoms with Crippen LogP contribution in [-0.4, -0.2) is 61.7 Å². The maximum absolute atomic E-state index is 13.5. The Balaban J connectivity index is 1.77. The Labute approximate surface area is 267 Å². The van der Waals surface area contributed by atoms with E-state index in [1.54, 1.807) is 49.0 Å². The van der Waals surface area contributed by atoms with Gasteiger partial charge in [-0.1, -0.05) is 67.6 Å². The molecule has 1 aromatic heterocycles. The first-order valence-electron chi connectivity index (χ1n) is 14.5. The van der Waals surface area contributed by atoms with Gasteiger partial charge in [-0.2, -0.15) is 0 Å². The van der Waals surface area contributed by atoms with Crippen LogP contribution >= 0.6 is 11.9 Å². The molecule has 2 aromatic carbocycles. The Morgan fingerprint density at radius 3 is 2.18 bits per heavy atom. The summed E-state index contributed by atoms with van der Waals surface area (Å²) < 4.78 is 12.7. The van der Waals surface area contributed by atoms with E-state index in [1.807, 2.05) is 43.3 Å². The number of carboxylic acid groups (broad SMARTS) is 1. The normalized spacial score (nSPS) is 12.9. The summed E-state index contributed by atoms with van der Waals surface area (Å²) in [5, 5.41) is 16.9. The highest BCUT2D eigenvalue weighted by molar-refractivity contribution is 7.98. The van der Waals surface area contributed by atoms with Crippen molar-refractivity contribution in [3.8, 4) is 0 Å². The van der Waals surface area contributed by atoms with Crippen LogP contribution < -0.4 is 16.0 Å². The van der Waals surface area contributed by atoms with Crippen molar-refractivity contribution < 1.29 is 33.8 Å². The molecular weight excluding hydrogens is 598 g/mol. The van der Waals surface area contributed by atoms with Crippen molar-refractivity contribution in [2.45, 2.75) is 77.0 Å². The minimum absolute atomic E-state index is 0.176. The van der Waals surface area contributed by atoms with Crippen molar-refractivity contribution in [1.29, 1.82) is 0 Å². The number of alkyl carbamates (subject to hydrolysis) is 1. The van der Waals surface area contributed by atoms with E-state index in [0.29, 0.717) is 17.8 Å².